The summed E-state index contributed by atoms with van der Waals surface area (Å²) < 4.78 is 5.13. The minimum atomic E-state index is -0.284. The van der Waals surface area contributed by atoms with E-state index >= 15 is 0 Å². The van der Waals surface area contributed by atoms with Crippen LogP contribution >= 0.6 is 0 Å². The van der Waals surface area contributed by atoms with Gasteiger partial charge in [0.05, 0.1) is 7.11 Å². The lowest BCUT2D eigenvalue weighted by atomic mass is 10.3. The lowest BCUT2D eigenvalue weighted by Crippen LogP contribution is -2.34. The van der Waals surface area contributed by atoms with E-state index in [0.717, 1.165) is 12.2 Å². The van der Waals surface area contributed by atoms with Crippen LogP contribution in [0.25, 0.3) is 0 Å². The van der Waals surface area contributed by atoms with Crippen molar-refractivity contribution >= 4 is 11.8 Å². The molecule has 0 aromatic carbocycles. The molecule has 0 saturated carbocycles. The average molecular weight is 252 g/mol. The number of hydrogen-bond donors (Lipinski definition) is 2. The highest BCUT2D eigenvalue weighted by Gasteiger charge is 2.08. The molecule has 0 bridgehead atoms. The third kappa shape index (κ3) is 4.58. The van der Waals surface area contributed by atoms with Gasteiger partial charge in [0, 0.05) is 18.8 Å². The first-order valence-electron chi connectivity index (χ1n) is 5.74. The number of anilines is 1. The predicted octanol–water partition coefficient (Wildman–Crippen LogP) is 1.08. The lowest BCUT2D eigenvalue weighted by molar-refractivity contribution is 0.250. The molecule has 6 heteroatoms. The van der Waals surface area contributed by atoms with Crippen molar-refractivity contribution in [2.45, 2.75) is 6.92 Å². The number of aromatic nitrogens is 1. The second-order valence-corrected chi connectivity index (χ2v) is 4.19. The zero-order chi connectivity index (χ0) is 13.5. The molecule has 1 aromatic heterocycles. The fraction of sp³-hybridized carbons (Fsp3) is 0.500. The Balaban J connectivity index is 2.55. The number of aryl methyl sites for hydroxylation is 1. The van der Waals surface area contributed by atoms with E-state index in [-0.39, 0.29) is 6.03 Å². The molecule has 0 aliphatic rings. The zero-order valence-electron chi connectivity index (χ0n) is 11.3. The van der Waals surface area contributed by atoms with Gasteiger partial charge in [0.2, 0.25) is 0 Å². The largest absolute Gasteiger partial charge is 0.493 e. The molecule has 6 nitrogen and oxygen atoms in total. The Bertz CT molecular complexity index is 407. The molecule has 0 spiro atoms. The fourth-order valence-corrected chi connectivity index (χ4v) is 1.34. The predicted molar refractivity (Wildman–Crippen MR) is 71.1 cm³/mol. The van der Waals surface area contributed by atoms with Gasteiger partial charge in [-0.1, -0.05) is 0 Å². The maximum Gasteiger partial charge on any atom is 0.320 e. The summed E-state index contributed by atoms with van der Waals surface area (Å²) >= 11 is 0. The summed E-state index contributed by atoms with van der Waals surface area (Å²) in [7, 11) is 5.44. The number of methoxy groups -OCH3 is 1. The number of likely N-dealkylation sites (N-methyl/N-ethyl adjacent to an activating group) is 1. The Morgan fingerprint density at radius 2 is 2.17 bits per heavy atom. The van der Waals surface area contributed by atoms with Crippen LogP contribution in [0, 0.1) is 6.92 Å². The first-order valence-corrected chi connectivity index (χ1v) is 5.74. The van der Waals surface area contributed by atoms with Crippen molar-refractivity contribution in [1.82, 2.24) is 15.2 Å². The number of urea groups is 1. The molecule has 1 rings (SSSR count). The number of carbonyl (C=O) groups excluding carboxylic acids is 1. The number of nitrogens with one attached hydrogen (secondary N) is 2. The molecular weight excluding hydrogens is 232 g/mol. The Hall–Kier alpha value is -1.82. The zero-order valence-corrected chi connectivity index (χ0v) is 11.3. The highest BCUT2D eigenvalue weighted by Crippen LogP contribution is 2.21. The van der Waals surface area contributed by atoms with Crippen LogP contribution in [0.4, 0.5) is 10.6 Å². The summed E-state index contributed by atoms with van der Waals surface area (Å²) in [5.74, 6) is 0.975. The molecule has 0 aliphatic heterocycles. The molecule has 100 valence electrons. The summed E-state index contributed by atoms with van der Waals surface area (Å²) in [6.07, 6.45) is 0. The van der Waals surface area contributed by atoms with Crippen LogP contribution < -0.4 is 15.4 Å². The molecule has 0 unspecified atom stereocenters. The molecular formula is C12H20N4O2. The second-order valence-electron chi connectivity index (χ2n) is 4.19. The topological polar surface area (TPSA) is 66.5 Å². The monoisotopic (exact) mass is 252 g/mol. The third-order valence-electron chi connectivity index (χ3n) is 2.29. The SMILES string of the molecule is COc1ccc(C)nc1NC(=O)NCCN(C)C. The highest BCUT2D eigenvalue weighted by molar-refractivity contribution is 5.89. The van der Waals surface area contributed by atoms with Crippen molar-refractivity contribution < 1.29 is 9.53 Å². The summed E-state index contributed by atoms with van der Waals surface area (Å²) in [6, 6.07) is 3.32. The second kappa shape index (κ2) is 6.80. The van der Waals surface area contributed by atoms with Gasteiger partial charge in [-0.15, -0.1) is 0 Å². The summed E-state index contributed by atoms with van der Waals surface area (Å²) in [4.78, 5) is 17.8. The number of hydrogen-bond acceptors (Lipinski definition) is 4. The van der Waals surface area contributed by atoms with E-state index in [9.17, 15) is 4.79 Å². The maximum atomic E-state index is 11.6. The molecule has 1 heterocycles. The summed E-state index contributed by atoms with van der Waals surface area (Å²) in [6.45, 7) is 3.22. The van der Waals surface area contributed by atoms with Gasteiger partial charge in [0.15, 0.2) is 11.6 Å². The van der Waals surface area contributed by atoms with Crippen LogP contribution in [0.2, 0.25) is 0 Å². The molecule has 0 radical (unpaired) electrons. The van der Waals surface area contributed by atoms with E-state index in [1.54, 1.807) is 13.2 Å². The van der Waals surface area contributed by atoms with Gasteiger partial charge in [-0.25, -0.2) is 9.78 Å². The number of ether oxygens (including phenoxy) is 1. The fourth-order valence-electron chi connectivity index (χ4n) is 1.34. The minimum Gasteiger partial charge on any atom is -0.493 e. The standard InChI is InChI=1S/C12H20N4O2/c1-9-5-6-10(18-4)11(14-9)15-12(17)13-7-8-16(2)3/h5-6H,7-8H2,1-4H3,(H2,13,14,15,17). The van der Waals surface area contributed by atoms with Gasteiger partial charge in [-0.3, -0.25) is 5.32 Å². The van der Waals surface area contributed by atoms with E-state index in [0.29, 0.717) is 18.1 Å². The Labute approximate surface area is 107 Å². The number of carbonyl (C=O) groups is 1. The number of pyridine rings is 1. The maximum absolute atomic E-state index is 11.6. The lowest BCUT2D eigenvalue weighted by Gasteiger charge is -2.12. The van der Waals surface area contributed by atoms with E-state index < -0.39 is 0 Å². The van der Waals surface area contributed by atoms with Crippen LogP contribution in [0.15, 0.2) is 12.1 Å². The van der Waals surface area contributed by atoms with Gasteiger partial charge in [-0.2, -0.15) is 0 Å². The molecule has 1 aromatic rings. The number of amides is 2. The van der Waals surface area contributed by atoms with Crippen LogP contribution in [-0.2, 0) is 0 Å². The van der Waals surface area contributed by atoms with Crippen LogP contribution in [-0.4, -0.2) is 50.2 Å². The third-order valence-corrected chi connectivity index (χ3v) is 2.29. The Morgan fingerprint density at radius 1 is 1.44 bits per heavy atom. The molecule has 0 atom stereocenters. The molecule has 18 heavy (non-hydrogen) atoms. The first kappa shape index (κ1) is 14.2. The summed E-state index contributed by atoms with van der Waals surface area (Å²) in [5, 5.41) is 5.42. The Kier molecular flexibility index (Phi) is 5.38. The van der Waals surface area contributed by atoms with E-state index in [1.807, 2.05) is 32.0 Å². The van der Waals surface area contributed by atoms with Crippen LogP contribution in [0.1, 0.15) is 5.69 Å². The van der Waals surface area contributed by atoms with Gasteiger partial charge in [0.25, 0.3) is 0 Å². The molecule has 2 N–H and O–H groups in total. The average Bonchev–Trinajstić information content (AvgIpc) is 2.28. The summed E-state index contributed by atoms with van der Waals surface area (Å²) in [5.41, 5.74) is 0.819. The van der Waals surface area contributed by atoms with Gasteiger partial charge in [0.1, 0.15) is 0 Å². The van der Waals surface area contributed by atoms with Crippen molar-refractivity contribution in [2.75, 3.05) is 39.6 Å². The first-order chi connectivity index (χ1) is 8.52. The number of nitrogens with zero attached hydrogens (tertiary/aromatic N) is 2. The minimum absolute atomic E-state index is 0.284. The van der Waals surface area contributed by atoms with E-state index in [1.165, 1.54) is 0 Å². The van der Waals surface area contributed by atoms with Gasteiger partial charge < -0.3 is 15.0 Å². The van der Waals surface area contributed by atoms with Crippen LogP contribution in [0.5, 0.6) is 5.75 Å². The van der Waals surface area contributed by atoms with Crippen molar-refractivity contribution in [3.63, 3.8) is 0 Å². The van der Waals surface area contributed by atoms with Gasteiger partial charge in [-0.05, 0) is 33.2 Å². The van der Waals surface area contributed by atoms with E-state index in [4.69, 9.17) is 4.74 Å². The quantitative estimate of drug-likeness (QED) is 0.823. The Morgan fingerprint density at radius 3 is 2.78 bits per heavy atom. The van der Waals surface area contributed by atoms with Crippen molar-refractivity contribution in [1.29, 1.82) is 0 Å². The van der Waals surface area contributed by atoms with Crippen molar-refractivity contribution in [3.8, 4) is 5.75 Å². The van der Waals surface area contributed by atoms with Gasteiger partial charge >= 0.3 is 6.03 Å². The smallest absolute Gasteiger partial charge is 0.320 e. The molecule has 2 amide bonds. The van der Waals surface area contributed by atoms with E-state index in [2.05, 4.69) is 15.6 Å². The number of rotatable bonds is 5. The van der Waals surface area contributed by atoms with Crippen LogP contribution in [0.3, 0.4) is 0 Å². The molecule has 0 fully saturated rings. The van der Waals surface area contributed by atoms with Crippen molar-refractivity contribution in [3.05, 3.63) is 17.8 Å². The normalized spacial score (nSPS) is 10.3. The van der Waals surface area contributed by atoms with Crippen molar-refractivity contribution in [2.24, 2.45) is 0 Å². The molecule has 0 saturated heterocycles. The highest BCUT2D eigenvalue weighted by atomic mass is 16.5. The molecule has 0 aliphatic carbocycles.